The number of H-pyrrole nitrogens is 1. The van der Waals surface area contributed by atoms with Crippen molar-refractivity contribution in [2.24, 2.45) is 5.10 Å². The highest BCUT2D eigenvalue weighted by molar-refractivity contribution is 5.99. The van der Waals surface area contributed by atoms with E-state index >= 15 is 0 Å². The van der Waals surface area contributed by atoms with Gasteiger partial charge in [0, 0.05) is 10.9 Å². The first kappa shape index (κ1) is 21.6. The van der Waals surface area contributed by atoms with Gasteiger partial charge in [0.15, 0.2) is 6.04 Å². The molecule has 164 valence electrons. The second-order valence-corrected chi connectivity index (χ2v) is 7.35. The molecule has 0 spiro atoms. The van der Waals surface area contributed by atoms with E-state index in [0.29, 0.717) is 16.3 Å². The molecule has 0 aliphatic heterocycles. The summed E-state index contributed by atoms with van der Waals surface area (Å²) in [6.07, 6.45) is 1.53. The van der Waals surface area contributed by atoms with E-state index in [0.717, 1.165) is 11.1 Å². The van der Waals surface area contributed by atoms with Crippen LogP contribution in [0.4, 0.5) is 0 Å². The van der Waals surface area contributed by atoms with E-state index in [-0.39, 0.29) is 11.3 Å². The number of nitrogens with one attached hydrogen (secondary N) is 3. The molecule has 4 aromatic rings. The van der Waals surface area contributed by atoms with Crippen molar-refractivity contribution in [1.82, 2.24) is 20.9 Å². The number of aromatic amines is 1. The summed E-state index contributed by atoms with van der Waals surface area (Å²) in [7, 11) is 0. The number of aryl methyl sites for hydroxylation is 1. The first-order valence-electron chi connectivity index (χ1n) is 10.3. The number of hydrogen-bond acceptors (Lipinski definition) is 5. The summed E-state index contributed by atoms with van der Waals surface area (Å²) in [5.41, 5.74) is 4.52. The number of hydrogen-bond donors (Lipinski definition) is 3. The predicted octanol–water partition coefficient (Wildman–Crippen LogP) is 2.85. The molecule has 0 aliphatic rings. The van der Waals surface area contributed by atoms with Crippen LogP contribution in [0.2, 0.25) is 0 Å². The minimum Gasteiger partial charge on any atom is -0.335 e. The van der Waals surface area contributed by atoms with E-state index in [2.05, 4.69) is 26.0 Å². The largest absolute Gasteiger partial charge is 0.335 e. The number of rotatable bonds is 6. The molecule has 4 rings (SSSR count). The molecule has 0 unspecified atom stereocenters. The van der Waals surface area contributed by atoms with Crippen molar-refractivity contribution in [2.45, 2.75) is 13.0 Å². The molecule has 33 heavy (non-hydrogen) atoms. The van der Waals surface area contributed by atoms with Crippen molar-refractivity contribution < 1.29 is 9.59 Å². The van der Waals surface area contributed by atoms with Gasteiger partial charge in [0.25, 0.3) is 17.4 Å². The van der Waals surface area contributed by atoms with E-state index in [4.69, 9.17) is 0 Å². The van der Waals surface area contributed by atoms with Gasteiger partial charge < -0.3 is 5.32 Å². The lowest BCUT2D eigenvalue weighted by molar-refractivity contribution is -0.123. The quantitative estimate of drug-likeness (QED) is 0.316. The zero-order valence-electron chi connectivity index (χ0n) is 17.8. The summed E-state index contributed by atoms with van der Waals surface area (Å²) in [5, 5.41) is 14.1. The second kappa shape index (κ2) is 9.69. The molecule has 0 fully saturated rings. The highest BCUT2D eigenvalue weighted by atomic mass is 16.2. The number of aromatic nitrogens is 2. The second-order valence-electron chi connectivity index (χ2n) is 7.35. The molecule has 2 amide bonds. The van der Waals surface area contributed by atoms with Gasteiger partial charge in [-0.2, -0.15) is 10.2 Å². The van der Waals surface area contributed by atoms with Crippen molar-refractivity contribution in [2.75, 3.05) is 0 Å². The van der Waals surface area contributed by atoms with Crippen LogP contribution in [0, 0.1) is 6.92 Å². The zero-order chi connectivity index (χ0) is 23.2. The topological polar surface area (TPSA) is 116 Å². The monoisotopic (exact) mass is 439 g/mol. The molecule has 3 aromatic carbocycles. The molecule has 1 heterocycles. The molecule has 8 heteroatoms. The molecular formula is C25H21N5O3. The Morgan fingerprint density at radius 2 is 1.61 bits per heavy atom. The third-order valence-corrected chi connectivity index (χ3v) is 5.14. The predicted molar refractivity (Wildman–Crippen MR) is 126 cm³/mol. The van der Waals surface area contributed by atoms with Crippen LogP contribution in [0.5, 0.6) is 0 Å². The third-order valence-electron chi connectivity index (χ3n) is 5.14. The van der Waals surface area contributed by atoms with E-state index in [1.165, 1.54) is 6.21 Å². The van der Waals surface area contributed by atoms with Gasteiger partial charge in [-0.05, 0) is 36.2 Å². The fourth-order valence-electron chi connectivity index (χ4n) is 3.38. The van der Waals surface area contributed by atoms with Gasteiger partial charge in [0.1, 0.15) is 5.69 Å². The molecule has 0 aliphatic carbocycles. The van der Waals surface area contributed by atoms with Crippen LogP contribution in [0.1, 0.15) is 33.2 Å². The van der Waals surface area contributed by atoms with Crippen LogP contribution >= 0.6 is 0 Å². The lowest BCUT2D eigenvalue weighted by Crippen LogP contribution is -2.40. The van der Waals surface area contributed by atoms with Crippen molar-refractivity contribution >= 4 is 28.8 Å². The number of hydrazone groups is 1. The number of carbonyl (C=O) groups is 2. The number of amides is 2. The van der Waals surface area contributed by atoms with Crippen molar-refractivity contribution in [1.29, 1.82) is 0 Å². The summed E-state index contributed by atoms with van der Waals surface area (Å²) in [5.74, 6) is -1.07. The van der Waals surface area contributed by atoms with Gasteiger partial charge in [-0.1, -0.05) is 60.7 Å². The van der Waals surface area contributed by atoms with Gasteiger partial charge >= 0.3 is 0 Å². The highest BCUT2D eigenvalue weighted by Crippen LogP contribution is 2.20. The van der Waals surface area contributed by atoms with Crippen LogP contribution in [-0.4, -0.2) is 28.2 Å². The molecule has 0 saturated heterocycles. The molecular weight excluding hydrogens is 418 g/mol. The maximum Gasteiger partial charge on any atom is 0.272 e. The number of carbonyl (C=O) groups excluding carboxylic acids is 2. The Bertz CT molecular complexity index is 1400. The Hall–Kier alpha value is -4.59. The Labute approximate surface area is 189 Å². The molecule has 0 radical (unpaired) electrons. The SMILES string of the molecule is Cc1ccccc1/C=N\NC(=O)[C@H](NC(=O)c1ccccc1)c1n[nH]c(=O)c2ccccc12. The van der Waals surface area contributed by atoms with Crippen LogP contribution < -0.4 is 16.3 Å². The van der Waals surface area contributed by atoms with Crippen LogP contribution in [0.15, 0.2) is 88.8 Å². The Morgan fingerprint density at radius 1 is 0.939 bits per heavy atom. The summed E-state index contributed by atoms with van der Waals surface area (Å²) >= 11 is 0. The van der Waals surface area contributed by atoms with Gasteiger partial charge in [0.05, 0.1) is 11.6 Å². The third kappa shape index (κ3) is 4.85. The zero-order valence-corrected chi connectivity index (χ0v) is 17.8. The Kier molecular flexibility index (Phi) is 6.36. The standard InChI is InChI=1S/C25H21N5O3/c1-16-9-5-6-12-18(16)15-26-29-25(33)22(27-23(31)17-10-3-2-4-11-17)21-19-13-7-8-14-20(19)24(32)30-28-21/h2-15,22H,1H3,(H,27,31)(H,29,33)(H,30,32)/b26-15-/t22-/m1/s1. The maximum absolute atomic E-state index is 13.1. The molecule has 0 bridgehead atoms. The summed E-state index contributed by atoms with van der Waals surface area (Å²) in [4.78, 5) is 38.2. The minimum atomic E-state index is -1.20. The highest BCUT2D eigenvalue weighted by Gasteiger charge is 2.27. The molecule has 1 aromatic heterocycles. The van der Waals surface area contributed by atoms with Crippen molar-refractivity contribution in [3.8, 4) is 0 Å². The smallest absolute Gasteiger partial charge is 0.272 e. The first-order valence-corrected chi connectivity index (χ1v) is 10.3. The van der Waals surface area contributed by atoms with E-state index in [1.54, 1.807) is 54.6 Å². The van der Waals surface area contributed by atoms with E-state index < -0.39 is 17.9 Å². The van der Waals surface area contributed by atoms with Gasteiger partial charge in [0.2, 0.25) is 0 Å². The molecule has 3 N–H and O–H groups in total. The fourth-order valence-corrected chi connectivity index (χ4v) is 3.38. The van der Waals surface area contributed by atoms with E-state index in [1.807, 2.05) is 31.2 Å². The minimum absolute atomic E-state index is 0.207. The lowest BCUT2D eigenvalue weighted by atomic mass is 10.0. The van der Waals surface area contributed by atoms with Crippen molar-refractivity contribution in [3.63, 3.8) is 0 Å². The molecule has 1 atom stereocenters. The number of fused-ring (bicyclic) bond motifs is 1. The lowest BCUT2D eigenvalue weighted by Gasteiger charge is -2.18. The fraction of sp³-hybridized carbons (Fsp3) is 0.0800. The normalized spacial score (nSPS) is 11.9. The van der Waals surface area contributed by atoms with Gasteiger partial charge in [-0.25, -0.2) is 10.5 Å². The van der Waals surface area contributed by atoms with Crippen LogP contribution in [0.3, 0.4) is 0 Å². The molecule has 8 nitrogen and oxygen atoms in total. The van der Waals surface area contributed by atoms with Crippen LogP contribution in [-0.2, 0) is 4.79 Å². The summed E-state index contributed by atoms with van der Waals surface area (Å²) < 4.78 is 0. The Balaban J connectivity index is 1.68. The van der Waals surface area contributed by atoms with Gasteiger partial charge in [-0.3, -0.25) is 14.4 Å². The summed E-state index contributed by atoms with van der Waals surface area (Å²) in [6.45, 7) is 1.93. The first-order chi connectivity index (χ1) is 16.0. The van der Waals surface area contributed by atoms with E-state index in [9.17, 15) is 14.4 Å². The maximum atomic E-state index is 13.1. The average Bonchev–Trinajstić information content (AvgIpc) is 2.85. The van der Waals surface area contributed by atoms with Gasteiger partial charge in [-0.15, -0.1) is 0 Å². The summed E-state index contributed by atoms with van der Waals surface area (Å²) in [6, 6.07) is 21.7. The van der Waals surface area contributed by atoms with Crippen LogP contribution in [0.25, 0.3) is 10.8 Å². The average molecular weight is 439 g/mol. The molecule has 0 saturated carbocycles. The number of nitrogens with zero attached hydrogens (tertiary/aromatic N) is 2. The number of benzene rings is 3. The van der Waals surface area contributed by atoms with Crippen molar-refractivity contribution in [3.05, 3.63) is 112 Å². The Morgan fingerprint density at radius 3 is 2.36 bits per heavy atom.